The molecule has 1 aromatic heterocycles. The second-order valence-corrected chi connectivity index (χ2v) is 8.71. The van der Waals surface area contributed by atoms with Crippen molar-refractivity contribution in [1.82, 2.24) is 14.9 Å². The molecular formula is C26H31F3N6O. The molecule has 0 radical (unpaired) electrons. The van der Waals surface area contributed by atoms with Gasteiger partial charge in [-0.1, -0.05) is 18.2 Å². The topological polar surface area (TPSA) is 96.5 Å². The van der Waals surface area contributed by atoms with E-state index >= 15 is 0 Å². The first-order chi connectivity index (χ1) is 17.1. The number of hydrogen-bond acceptors (Lipinski definition) is 6. The Hall–Kier alpha value is -3.53. The molecule has 0 saturated carbocycles. The van der Waals surface area contributed by atoms with Crippen molar-refractivity contribution in [2.24, 2.45) is 10.7 Å². The summed E-state index contributed by atoms with van der Waals surface area (Å²) in [5.74, 6) is -0.0302. The number of rotatable bonds is 8. The molecule has 0 atom stereocenters. The van der Waals surface area contributed by atoms with E-state index in [9.17, 15) is 18.0 Å². The third-order valence-electron chi connectivity index (χ3n) is 6.16. The monoisotopic (exact) mass is 500 g/mol. The molecule has 1 amide bonds. The average molecular weight is 501 g/mol. The molecule has 7 nitrogen and oxygen atoms in total. The van der Waals surface area contributed by atoms with Gasteiger partial charge < -0.3 is 16.0 Å². The van der Waals surface area contributed by atoms with Crippen LogP contribution in [0.1, 0.15) is 48.9 Å². The van der Waals surface area contributed by atoms with Crippen LogP contribution in [0, 0.1) is 0 Å². The lowest BCUT2D eigenvalue weighted by Crippen LogP contribution is -2.29. The summed E-state index contributed by atoms with van der Waals surface area (Å²) < 4.78 is 40.8. The number of alkyl halides is 3. The van der Waals surface area contributed by atoms with E-state index in [1.54, 1.807) is 13.0 Å². The standard InChI is InChI=1S/C26H31F3N6O/c1-4-17(15-24(30)36)22(31-2)9-10-23-21(26(27,28)29)16-32-25(34-23)33-20-7-5-18(6-8-20)19-11-13-35(3)14-12-19/h4-10,16,19H,11-15H2,1-3H3,(H2,30,36)(H,32,33,34). The van der Waals surface area contributed by atoms with Crippen molar-refractivity contribution in [3.05, 3.63) is 65.0 Å². The summed E-state index contributed by atoms with van der Waals surface area (Å²) in [6.45, 7) is 3.81. The number of halogens is 3. The summed E-state index contributed by atoms with van der Waals surface area (Å²) in [5.41, 5.74) is 6.72. The molecule has 192 valence electrons. The molecule has 3 rings (SSSR count). The number of aromatic nitrogens is 2. The maximum Gasteiger partial charge on any atom is 0.419 e. The highest BCUT2D eigenvalue weighted by Crippen LogP contribution is 2.33. The molecule has 10 heteroatoms. The Morgan fingerprint density at radius 2 is 1.92 bits per heavy atom. The third-order valence-corrected chi connectivity index (χ3v) is 6.16. The number of nitrogens with zero attached hydrogens (tertiary/aromatic N) is 4. The highest BCUT2D eigenvalue weighted by Gasteiger charge is 2.34. The van der Waals surface area contributed by atoms with Crippen molar-refractivity contribution < 1.29 is 18.0 Å². The van der Waals surface area contributed by atoms with E-state index in [4.69, 9.17) is 5.73 Å². The van der Waals surface area contributed by atoms with E-state index in [0.29, 0.717) is 22.9 Å². The molecule has 2 aromatic rings. The molecule has 1 aliphatic heterocycles. The summed E-state index contributed by atoms with van der Waals surface area (Å²) in [6.07, 6.45) is 2.46. The van der Waals surface area contributed by atoms with E-state index in [-0.39, 0.29) is 18.1 Å². The van der Waals surface area contributed by atoms with E-state index in [1.165, 1.54) is 24.8 Å². The number of piperidine rings is 1. The predicted molar refractivity (Wildman–Crippen MR) is 136 cm³/mol. The van der Waals surface area contributed by atoms with Gasteiger partial charge >= 0.3 is 6.18 Å². The second-order valence-electron chi connectivity index (χ2n) is 8.71. The minimum absolute atomic E-state index is 0.0353. The minimum atomic E-state index is -4.64. The fourth-order valence-electron chi connectivity index (χ4n) is 4.12. The molecule has 2 heterocycles. The number of hydrogen-bond donors (Lipinski definition) is 2. The normalized spacial score (nSPS) is 16.5. The largest absolute Gasteiger partial charge is 0.419 e. The summed E-state index contributed by atoms with van der Waals surface area (Å²) in [6, 6.07) is 7.83. The Balaban J connectivity index is 1.83. The molecule has 1 fully saturated rings. The van der Waals surface area contributed by atoms with Gasteiger partial charge in [-0.15, -0.1) is 0 Å². The number of aliphatic imine (C=N–C) groups is 1. The van der Waals surface area contributed by atoms with Crippen molar-refractivity contribution >= 4 is 29.3 Å². The Kier molecular flexibility index (Phi) is 8.98. The molecular weight excluding hydrogens is 469 g/mol. The van der Waals surface area contributed by atoms with Crippen LogP contribution in [0.3, 0.4) is 0 Å². The van der Waals surface area contributed by atoms with Crippen LogP contribution in [0.25, 0.3) is 6.08 Å². The number of nitrogens with two attached hydrogens (primary N) is 1. The van der Waals surface area contributed by atoms with Crippen LogP contribution in [0.15, 0.2) is 53.2 Å². The SMILES string of the molecule is CC=C(CC(N)=O)C(C=Cc1nc(Nc2ccc(C3CCN(C)CC3)cc2)ncc1C(F)(F)F)=NC. The van der Waals surface area contributed by atoms with Gasteiger partial charge in [0.25, 0.3) is 0 Å². The Bertz CT molecular complexity index is 1150. The zero-order chi connectivity index (χ0) is 26.3. The number of carbonyl (C=O) groups excluding carboxylic acids is 1. The van der Waals surface area contributed by atoms with Gasteiger partial charge in [-0.25, -0.2) is 9.97 Å². The number of primary amides is 1. The summed E-state index contributed by atoms with van der Waals surface area (Å²) in [7, 11) is 3.60. The van der Waals surface area contributed by atoms with Gasteiger partial charge in [0.2, 0.25) is 11.9 Å². The predicted octanol–water partition coefficient (Wildman–Crippen LogP) is 4.95. The Labute approximate surface area is 209 Å². The fourth-order valence-corrected chi connectivity index (χ4v) is 4.12. The van der Waals surface area contributed by atoms with Gasteiger partial charge in [0.1, 0.15) is 0 Å². The maximum absolute atomic E-state index is 13.6. The molecule has 0 spiro atoms. The van der Waals surface area contributed by atoms with Crippen molar-refractivity contribution in [2.75, 3.05) is 32.5 Å². The van der Waals surface area contributed by atoms with E-state index < -0.39 is 17.6 Å². The number of amides is 1. The van der Waals surface area contributed by atoms with Gasteiger partial charge in [-0.2, -0.15) is 13.2 Å². The number of allylic oxidation sites excluding steroid dienone is 2. The smallest absolute Gasteiger partial charge is 0.369 e. The fraction of sp³-hybridized carbons (Fsp3) is 0.385. The zero-order valence-electron chi connectivity index (χ0n) is 20.6. The van der Waals surface area contributed by atoms with E-state index in [2.05, 4.69) is 32.2 Å². The summed E-state index contributed by atoms with van der Waals surface area (Å²) >= 11 is 0. The Morgan fingerprint density at radius 3 is 2.47 bits per heavy atom. The van der Waals surface area contributed by atoms with E-state index in [0.717, 1.165) is 32.1 Å². The van der Waals surface area contributed by atoms with Gasteiger partial charge in [0.05, 0.1) is 23.4 Å². The number of likely N-dealkylation sites (tertiary alicyclic amines) is 1. The first kappa shape index (κ1) is 27.1. The molecule has 1 aromatic carbocycles. The third kappa shape index (κ3) is 7.24. The van der Waals surface area contributed by atoms with Gasteiger partial charge in [0.15, 0.2) is 0 Å². The highest BCUT2D eigenvalue weighted by atomic mass is 19.4. The van der Waals surface area contributed by atoms with Crippen LogP contribution in [-0.2, 0) is 11.0 Å². The maximum atomic E-state index is 13.6. The molecule has 1 aliphatic rings. The number of anilines is 2. The molecule has 36 heavy (non-hydrogen) atoms. The van der Waals surface area contributed by atoms with Crippen LogP contribution >= 0.6 is 0 Å². The first-order valence-electron chi connectivity index (χ1n) is 11.7. The molecule has 0 aliphatic carbocycles. The van der Waals surface area contributed by atoms with Crippen molar-refractivity contribution in [1.29, 1.82) is 0 Å². The highest BCUT2D eigenvalue weighted by molar-refractivity contribution is 6.12. The average Bonchev–Trinajstić information content (AvgIpc) is 2.84. The molecule has 0 unspecified atom stereocenters. The van der Waals surface area contributed by atoms with Crippen molar-refractivity contribution in [2.45, 2.75) is 38.3 Å². The van der Waals surface area contributed by atoms with Crippen molar-refractivity contribution in [3.8, 4) is 0 Å². The summed E-state index contributed by atoms with van der Waals surface area (Å²) in [4.78, 5) is 25.7. The summed E-state index contributed by atoms with van der Waals surface area (Å²) in [5, 5.41) is 2.99. The lowest BCUT2D eigenvalue weighted by atomic mass is 9.89. The zero-order valence-corrected chi connectivity index (χ0v) is 20.6. The van der Waals surface area contributed by atoms with E-state index in [1.807, 2.05) is 24.3 Å². The molecule has 3 N–H and O–H groups in total. The lowest BCUT2D eigenvalue weighted by Gasteiger charge is -2.29. The van der Waals surface area contributed by atoms with Crippen LogP contribution in [0.5, 0.6) is 0 Å². The quantitative estimate of drug-likeness (QED) is 0.500. The number of nitrogens with one attached hydrogen (secondary N) is 1. The first-order valence-corrected chi connectivity index (χ1v) is 11.7. The van der Waals surface area contributed by atoms with Crippen LogP contribution in [0.4, 0.5) is 24.8 Å². The molecule has 0 bridgehead atoms. The van der Waals surface area contributed by atoms with Gasteiger partial charge in [-0.3, -0.25) is 9.79 Å². The second kappa shape index (κ2) is 11.9. The van der Waals surface area contributed by atoms with Crippen molar-refractivity contribution in [3.63, 3.8) is 0 Å². The van der Waals surface area contributed by atoms with Gasteiger partial charge in [-0.05, 0) is 81.2 Å². The number of benzene rings is 1. The van der Waals surface area contributed by atoms with Crippen LogP contribution in [-0.4, -0.2) is 53.7 Å². The lowest BCUT2D eigenvalue weighted by molar-refractivity contribution is -0.138. The van der Waals surface area contributed by atoms with Crippen LogP contribution < -0.4 is 11.1 Å². The number of carbonyl (C=O) groups is 1. The van der Waals surface area contributed by atoms with Crippen LogP contribution in [0.2, 0.25) is 0 Å². The minimum Gasteiger partial charge on any atom is -0.369 e. The van der Waals surface area contributed by atoms with Gasteiger partial charge in [0, 0.05) is 18.9 Å². The Morgan fingerprint density at radius 1 is 1.25 bits per heavy atom. The molecule has 1 saturated heterocycles.